The van der Waals surface area contributed by atoms with Gasteiger partial charge in [0.1, 0.15) is 0 Å². The first-order chi connectivity index (χ1) is 4.25. The van der Waals surface area contributed by atoms with Crippen molar-refractivity contribution in [1.82, 2.24) is 0 Å². The summed E-state index contributed by atoms with van der Waals surface area (Å²) in [6, 6.07) is 0. The summed E-state index contributed by atoms with van der Waals surface area (Å²) in [5.41, 5.74) is 5.74. The Morgan fingerprint density at radius 1 is 2.00 bits per heavy atom. The fourth-order valence-electron chi connectivity index (χ4n) is 0.887. The molecule has 3 N–H and O–H groups in total. The van der Waals surface area contributed by atoms with Crippen molar-refractivity contribution < 1.29 is 9.90 Å². The molecule has 3 heteroatoms. The zero-order valence-electron chi connectivity index (χ0n) is 5.00. The molecule has 0 fully saturated rings. The van der Waals surface area contributed by atoms with Crippen LogP contribution in [0.25, 0.3) is 0 Å². The van der Waals surface area contributed by atoms with Gasteiger partial charge in [-0.3, -0.25) is 0 Å². The van der Waals surface area contributed by atoms with Crippen LogP contribution in [0.3, 0.4) is 0 Å². The molecule has 9 heavy (non-hydrogen) atoms. The van der Waals surface area contributed by atoms with Crippen LogP contribution in [0.1, 0.15) is 6.42 Å². The maximum atomic E-state index is 10.2. The highest BCUT2D eigenvalue weighted by molar-refractivity contribution is 5.88. The Labute approximate surface area is 53.2 Å². The van der Waals surface area contributed by atoms with E-state index in [1.165, 1.54) is 0 Å². The van der Waals surface area contributed by atoms with Crippen LogP contribution >= 0.6 is 0 Å². The number of nitrogens with two attached hydrogens (primary N) is 1. The van der Waals surface area contributed by atoms with Crippen LogP contribution in [0.5, 0.6) is 0 Å². The summed E-state index contributed by atoms with van der Waals surface area (Å²) < 4.78 is 0. The molecule has 0 saturated carbocycles. The van der Waals surface area contributed by atoms with Crippen molar-refractivity contribution in [3.05, 3.63) is 11.6 Å². The molecule has 0 radical (unpaired) electrons. The maximum absolute atomic E-state index is 10.2. The van der Waals surface area contributed by atoms with E-state index < -0.39 is 5.97 Å². The van der Waals surface area contributed by atoms with Gasteiger partial charge in [0.2, 0.25) is 0 Å². The van der Waals surface area contributed by atoms with Gasteiger partial charge in [0.05, 0.1) is 0 Å². The molecule has 0 amide bonds. The van der Waals surface area contributed by atoms with Crippen molar-refractivity contribution in [2.45, 2.75) is 6.42 Å². The number of rotatable bonds is 2. The fourth-order valence-corrected chi connectivity index (χ4v) is 0.887. The molecule has 0 saturated heterocycles. The molecule has 0 aromatic rings. The largest absolute Gasteiger partial charge is 0.478 e. The van der Waals surface area contributed by atoms with E-state index in [1.54, 1.807) is 6.08 Å². The minimum absolute atomic E-state index is 0.113. The first-order valence-electron chi connectivity index (χ1n) is 2.89. The van der Waals surface area contributed by atoms with E-state index in [4.69, 9.17) is 10.8 Å². The monoisotopic (exact) mass is 127 g/mol. The van der Waals surface area contributed by atoms with E-state index >= 15 is 0 Å². The summed E-state index contributed by atoms with van der Waals surface area (Å²) in [4.78, 5) is 10.2. The molecule has 1 aliphatic rings. The summed E-state index contributed by atoms with van der Waals surface area (Å²) in [5.74, 6) is -0.709. The smallest absolute Gasteiger partial charge is 0.331 e. The van der Waals surface area contributed by atoms with E-state index in [1.807, 2.05) is 0 Å². The predicted octanol–water partition coefficient (Wildman–Crippen LogP) is -0.0240. The van der Waals surface area contributed by atoms with E-state index in [9.17, 15) is 4.79 Å². The third-order valence-electron chi connectivity index (χ3n) is 1.59. The summed E-state index contributed by atoms with van der Waals surface area (Å²) in [6.07, 6.45) is 2.54. The molecule has 50 valence electrons. The Bertz CT molecular complexity index is 162. The van der Waals surface area contributed by atoms with Crippen LogP contribution < -0.4 is 5.73 Å². The number of hydrogen-bond donors (Lipinski definition) is 2. The Kier molecular flexibility index (Phi) is 1.53. The highest BCUT2D eigenvalue weighted by Gasteiger charge is 2.24. The van der Waals surface area contributed by atoms with Crippen LogP contribution in [0, 0.1) is 5.92 Å². The van der Waals surface area contributed by atoms with Crippen LogP contribution in [-0.4, -0.2) is 17.6 Å². The third kappa shape index (κ3) is 0.954. The number of allylic oxidation sites excluding steroid dienone is 1. The van der Waals surface area contributed by atoms with Gasteiger partial charge in [-0.1, -0.05) is 6.08 Å². The van der Waals surface area contributed by atoms with Crippen molar-refractivity contribution in [2.24, 2.45) is 11.7 Å². The number of aliphatic carboxylic acids is 1. The quantitative estimate of drug-likeness (QED) is 0.547. The van der Waals surface area contributed by atoms with Crippen molar-refractivity contribution in [3.63, 3.8) is 0 Å². The first kappa shape index (κ1) is 6.29. The van der Waals surface area contributed by atoms with Crippen molar-refractivity contribution in [1.29, 1.82) is 0 Å². The molecule has 0 bridgehead atoms. The zero-order chi connectivity index (χ0) is 6.85. The van der Waals surface area contributed by atoms with E-state index in [2.05, 4.69) is 0 Å². The van der Waals surface area contributed by atoms with E-state index in [-0.39, 0.29) is 5.92 Å². The predicted molar refractivity (Wildman–Crippen MR) is 32.9 cm³/mol. The first-order valence-corrected chi connectivity index (χ1v) is 2.89. The molecular formula is C6H9NO2. The van der Waals surface area contributed by atoms with E-state index in [0.29, 0.717) is 12.1 Å². The van der Waals surface area contributed by atoms with Crippen molar-refractivity contribution in [3.8, 4) is 0 Å². The summed E-state index contributed by atoms with van der Waals surface area (Å²) in [5, 5.41) is 8.41. The highest BCUT2D eigenvalue weighted by atomic mass is 16.4. The van der Waals surface area contributed by atoms with Crippen LogP contribution in [0.2, 0.25) is 0 Å². The van der Waals surface area contributed by atoms with Gasteiger partial charge >= 0.3 is 5.97 Å². The summed E-state index contributed by atoms with van der Waals surface area (Å²) >= 11 is 0. The number of hydrogen-bond acceptors (Lipinski definition) is 2. The van der Waals surface area contributed by atoms with Crippen molar-refractivity contribution in [2.75, 3.05) is 6.54 Å². The SMILES string of the molecule is NCC1CC=C1C(=O)O. The van der Waals surface area contributed by atoms with Gasteiger partial charge in [0.15, 0.2) is 0 Å². The molecule has 1 atom stereocenters. The molecule has 1 rings (SSSR count). The third-order valence-corrected chi connectivity index (χ3v) is 1.59. The Balaban J connectivity index is 2.54. The lowest BCUT2D eigenvalue weighted by molar-refractivity contribution is -0.133. The lowest BCUT2D eigenvalue weighted by Gasteiger charge is -2.21. The lowest BCUT2D eigenvalue weighted by Crippen LogP contribution is -2.26. The number of carboxylic acid groups (broad SMARTS) is 1. The lowest BCUT2D eigenvalue weighted by atomic mass is 9.85. The molecule has 0 heterocycles. The molecule has 0 aromatic carbocycles. The molecule has 0 aliphatic heterocycles. The fraction of sp³-hybridized carbons (Fsp3) is 0.500. The summed E-state index contributed by atoms with van der Waals surface area (Å²) in [7, 11) is 0. The molecule has 1 unspecified atom stereocenters. The topological polar surface area (TPSA) is 63.3 Å². The minimum atomic E-state index is -0.822. The second-order valence-electron chi connectivity index (χ2n) is 2.13. The molecule has 0 spiro atoms. The molecule has 3 nitrogen and oxygen atoms in total. The normalized spacial score (nSPS) is 24.6. The molecule has 1 aliphatic carbocycles. The van der Waals surface area contributed by atoms with Crippen LogP contribution in [0.15, 0.2) is 11.6 Å². The minimum Gasteiger partial charge on any atom is -0.478 e. The average Bonchev–Trinajstić information content (AvgIpc) is 1.61. The second kappa shape index (κ2) is 2.19. The van der Waals surface area contributed by atoms with Gasteiger partial charge in [-0.2, -0.15) is 0 Å². The van der Waals surface area contributed by atoms with Gasteiger partial charge < -0.3 is 10.8 Å². The number of carbonyl (C=O) groups is 1. The number of carboxylic acids is 1. The van der Waals surface area contributed by atoms with Gasteiger partial charge in [0, 0.05) is 11.5 Å². The van der Waals surface area contributed by atoms with Gasteiger partial charge in [-0.25, -0.2) is 4.79 Å². The Morgan fingerprint density at radius 2 is 2.67 bits per heavy atom. The van der Waals surface area contributed by atoms with Crippen molar-refractivity contribution >= 4 is 5.97 Å². The molecule has 0 aromatic heterocycles. The van der Waals surface area contributed by atoms with E-state index in [0.717, 1.165) is 6.42 Å². The highest BCUT2D eigenvalue weighted by Crippen LogP contribution is 2.25. The van der Waals surface area contributed by atoms with Crippen LogP contribution in [0.4, 0.5) is 0 Å². The average molecular weight is 127 g/mol. The summed E-state index contributed by atoms with van der Waals surface area (Å²) in [6.45, 7) is 0.456. The second-order valence-corrected chi connectivity index (χ2v) is 2.13. The van der Waals surface area contributed by atoms with Crippen LogP contribution in [-0.2, 0) is 4.79 Å². The standard InChI is InChI=1S/C6H9NO2/c7-3-4-1-2-5(4)6(8)9/h2,4H,1,3,7H2,(H,8,9). The van der Waals surface area contributed by atoms with Gasteiger partial charge in [-0.05, 0) is 13.0 Å². The molecular weight excluding hydrogens is 118 g/mol. The zero-order valence-corrected chi connectivity index (χ0v) is 5.00. The van der Waals surface area contributed by atoms with Gasteiger partial charge in [-0.15, -0.1) is 0 Å². The Hall–Kier alpha value is -0.830. The Morgan fingerprint density at radius 3 is 2.78 bits per heavy atom. The van der Waals surface area contributed by atoms with Gasteiger partial charge in [0.25, 0.3) is 0 Å². The maximum Gasteiger partial charge on any atom is 0.331 e.